The van der Waals surface area contributed by atoms with Gasteiger partial charge in [-0.1, -0.05) is 0 Å². The van der Waals surface area contributed by atoms with Gasteiger partial charge in [-0.3, -0.25) is 14.7 Å². The molecular formula is C16H31ClN4O. The van der Waals surface area contributed by atoms with Crippen LogP contribution >= 0.6 is 11.6 Å². The number of aliphatic hydroxyl groups excluding tert-OH is 1. The largest absolute Gasteiger partial charge is 0.392 e. The molecule has 0 amide bonds. The van der Waals surface area contributed by atoms with E-state index in [1.54, 1.807) is 0 Å². The van der Waals surface area contributed by atoms with Crippen molar-refractivity contribution in [1.82, 2.24) is 20.0 Å². The van der Waals surface area contributed by atoms with Crippen molar-refractivity contribution in [2.24, 2.45) is 5.92 Å². The topological polar surface area (TPSA) is 42.0 Å². The van der Waals surface area contributed by atoms with Gasteiger partial charge in [0, 0.05) is 77.4 Å². The lowest BCUT2D eigenvalue weighted by molar-refractivity contribution is 0.0859. The predicted molar refractivity (Wildman–Crippen MR) is 90.6 cm³/mol. The van der Waals surface area contributed by atoms with E-state index in [-0.39, 0.29) is 6.10 Å². The number of halogens is 1. The van der Waals surface area contributed by atoms with Crippen molar-refractivity contribution in [2.45, 2.75) is 25.0 Å². The molecule has 0 bridgehead atoms. The molecule has 2 N–H and O–H groups in total. The lowest BCUT2D eigenvalue weighted by Gasteiger charge is -2.35. The number of hydrogen-bond donors (Lipinski definition) is 2. The molecule has 0 radical (unpaired) electrons. The summed E-state index contributed by atoms with van der Waals surface area (Å²) in [7, 11) is 0. The molecule has 6 heteroatoms. The molecule has 0 aromatic rings. The Morgan fingerprint density at radius 3 is 2.45 bits per heavy atom. The van der Waals surface area contributed by atoms with Gasteiger partial charge in [-0.25, -0.2) is 0 Å². The summed E-state index contributed by atoms with van der Waals surface area (Å²) in [6, 6.07) is 0.732. The second kappa shape index (κ2) is 8.27. The van der Waals surface area contributed by atoms with Crippen LogP contribution in [0.25, 0.3) is 0 Å². The van der Waals surface area contributed by atoms with Crippen molar-refractivity contribution in [3.63, 3.8) is 0 Å². The van der Waals surface area contributed by atoms with Crippen LogP contribution in [0, 0.1) is 5.92 Å². The van der Waals surface area contributed by atoms with Crippen LogP contribution in [0.2, 0.25) is 0 Å². The first kappa shape index (κ1) is 16.9. The average molecular weight is 331 g/mol. The van der Waals surface area contributed by atoms with Crippen molar-refractivity contribution in [1.29, 1.82) is 0 Å². The fourth-order valence-electron chi connectivity index (χ4n) is 3.99. The Hall–Kier alpha value is 0.0900. The number of aliphatic hydroxyl groups is 1. The van der Waals surface area contributed by atoms with Crippen molar-refractivity contribution < 1.29 is 5.11 Å². The van der Waals surface area contributed by atoms with E-state index >= 15 is 0 Å². The van der Waals surface area contributed by atoms with E-state index in [4.69, 9.17) is 11.6 Å². The average Bonchev–Trinajstić information content (AvgIpc) is 3.28. The van der Waals surface area contributed by atoms with Crippen LogP contribution < -0.4 is 5.32 Å². The quantitative estimate of drug-likeness (QED) is 0.638. The molecule has 0 aromatic heterocycles. The fraction of sp³-hybridized carbons (Fsp3) is 1.00. The maximum atomic E-state index is 10.3. The summed E-state index contributed by atoms with van der Waals surface area (Å²) in [5.74, 6) is 1.46. The Morgan fingerprint density at radius 2 is 1.77 bits per heavy atom. The first-order chi connectivity index (χ1) is 10.8. The van der Waals surface area contributed by atoms with Crippen molar-refractivity contribution in [3.05, 3.63) is 0 Å². The van der Waals surface area contributed by atoms with Crippen LogP contribution in [0.5, 0.6) is 0 Å². The smallest absolute Gasteiger partial charge is 0.0670 e. The van der Waals surface area contributed by atoms with E-state index in [2.05, 4.69) is 20.0 Å². The minimum absolute atomic E-state index is 0.148. The van der Waals surface area contributed by atoms with Crippen molar-refractivity contribution >= 4 is 11.6 Å². The Bertz CT molecular complexity index is 332. The van der Waals surface area contributed by atoms with Gasteiger partial charge in [0.15, 0.2) is 0 Å². The number of β-amino-alcohol motifs (C(OH)–C–C–N with tert-alkyl or cyclic N) is 1. The summed E-state index contributed by atoms with van der Waals surface area (Å²) in [5.41, 5.74) is 0. The highest BCUT2D eigenvalue weighted by Gasteiger charge is 2.43. The van der Waals surface area contributed by atoms with Crippen LogP contribution in [0.4, 0.5) is 0 Å². The van der Waals surface area contributed by atoms with Gasteiger partial charge >= 0.3 is 0 Å². The highest BCUT2D eigenvalue weighted by atomic mass is 35.5. The maximum Gasteiger partial charge on any atom is 0.0670 e. The number of alkyl halides is 1. The number of hydrogen-bond acceptors (Lipinski definition) is 5. The molecule has 0 aromatic carbocycles. The summed E-state index contributed by atoms with van der Waals surface area (Å²) in [6.45, 7) is 10.8. The Kier molecular flexibility index (Phi) is 6.36. The van der Waals surface area contributed by atoms with E-state index in [9.17, 15) is 5.11 Å². The molecule has 22 heavy (non-hydrogen) atoms. The van der Waals surface area contributed by atoms with E-state index in [0.29, 0.717) is 0 Å². The standard InChI is InChI=1S/C16H31ClN4O/c17-1-4-19-7-9-21(10-8-19)16-12-14(16)11-15(22)13-20-5-2-18-3-6-20/h14-16,18,22H,1-13H2/t14?,15?,16-/m1/s1. The van der Waals surface area contributed by atoms with Gasteiger partial charge in [-0.15, -0.1) is 11.6 Å². The molecule has 3 fully saturated rings. The van der Waals surface area contributed by atoms with Gasteiger partial charge in [0.25, 0.3) is 0 Å². The molecule has 3 atom stereocenters. The summed E-state index contributed by atoms with van der Waals surface area (Å²) in [6.07, 6.45) is 2.12. The molecule has 5 nitrogen and oxygen atoms in total. The number of nitrogens with one attached hydrogen (secondary N) is 1. The van der Waals surface area contributed by atoms with Gasteiger partial charge < -0.3 is 10.4 Å². The minimum atomic E-state index is -0.148. The van der Waals surface area contributed by atoms with E-state index in [0.717, 1.165) is 76.6 Å². The second-order valence-corrected chi connectivity index (χ2v) is 7.45. The van der Waals surface area contributed by atoms with Crippen molar-refractivity contribution in [3.8, 4) is 0 Å². The molecular weight excluding hydrogens is 300 g/mol. The van der Waals surface area contributed by atoms with Crippen LogP contribution in [0.1, 0.15) is 12.8 Å². The lowest BCUT2D eigenvalue weighted by atomic mass is 10.1. The molecule has 1 saturated carbocycles. The third kappa shape index (κ3) is 4.79. The molecule has 0 spiro atoms. The van der Waals surface area contributed by atoms with E-state index < -0.39 is 0 Å². The van der Waals surface area contributed by atoms with E-state index in [1.165, 1.54) is 19.5 Å². The molecule has 2 heterocycles. The van der Waals surface area contributed by atoms with Crippen LogP contribution in [0.15, 0.2) is 0 Å². The van der Waals surface area contributed by atoms with Crippen LogP contribution in [-0.4, -0.2) is 103 Å². The van der Waals surface area contributed by atoms with Crippen molar-refractivity contribution in [2.75, 3.05) is 71.3 Å². The van der Waals surface area contributed by atoms with Crippen LogP contribution in [-0.2, 0) is 0 Å². The zero-order chi connectivity index (χ0) is 15.4. The van der Waals surface area contributed by atoms with Gasteiger partial charge in [0.2, 0.25) is 0 Å². The molecule has 128 valence electrons. The van der Waals surface area contributed by atoms with Crippen LogP contribution in [0.3, 0.4) is 0 Å². The first-order valence-corrected chi connectivity index (χ1v) is 9.43. The molecule has 1 aliphatic carbocycles. The first-order valence-electron chi connectivity index (χ1n) is 8.90. The van der Waals surface area contributed by atoms with Gasteiger partial charge in [-0.2, -0.15) is 0 Å². The maximum absolute atomic E-state index is 10.3. The summed E-state index contributed by atoms with van der Waals surface area (Å²) in [5, 5.41) is 13.7. The zero-order valence-corrected chi connectivity index (χ0v) is 14.3. The Labute approximate surface area is 139 Å². The van der Waals surface area contributed by atoms with Gasteiger partial charge in [0.1, 0.15) is 0 Å². The highest BCUT2D eigenvalue weighted by Crippen LogP contribution is 2.39. The summed E-state index contributed by atoms with van der Waals surface area (Å²) in [4.78, 5) is 7.48. The van der Waals surface area contributed by atoms with Gasteiger partial charge in [0.05, 0.1) is 6.10 Å². The monoisotopic (exact) mass is 330 g/mol. The number of rotatable bonds is 7. The highest BCUT2D eigenvalue weighted by molar-refractivity contribution is 6.18. The molecule has 2 aliphatic heterocycles. The fourth-order valence-corrected chi connectivity index (χ4v) is 4.23. The van der Waals surface area contributed by atoms with Gasteiger partial charge in [-0.05, 0) is 18.8 Å². The summed E-state index contributed by atoms with van der Waals surface area (Å²) < 4.78 is 0. The Morgan fingerprint density at radius 1 is 1.05 bits per heavy atom. The molecule has 3 rings (SSSR count). The molecule has 2 unspecified atom stereocenters. The predicted octanol–water partition coefficient (Wildman–Crippen LogP) is -0.112. The summed E-state index contributed by atoms with van der Waals surface area (Å²) >= 11 is 5.82. The number of piperazine rings is 2. The lowest BCUT2D eigenvalue weighted by Crippen LogP contribution is -2.48. The van der Waals surface area contributed by atoms with E-state index in [1.807, 2.05) is 0 Å². The molecule has 3 aliphatic rings. The number of nitrogens with zero attached hydrogens (tertiary/aromatic N) is 3. The normalized spacial score (nSPS) is 33.0. The zero-order valence-electron chi connectivity index (χ0n) is 13.6. The Balaban J connectivity index is 1.32. The minimum Gasteiger partial charge on any atom is -0.392 e. The third-order valence-electron chi connectivity index (χ3n) is 5.42. The second-order valence-electron chi connectivity index (χ2n) is 7.07. The third-order valence-corrected chi connectivity index (χ3v) is 5.58. The SMILES string of the molecule is OC(CC1C[C@H]1N1CCN(CCCl)CC1)CN1CCNCC1. The molecule has 2 saturated heterocycles.